The Hall–Kier alpha value is -1.22. The molecule has 84 valence electrons. The third kappa shape index (κ3) is 4.70. The molecule has 1 rings (SSSR count). The van der Waals surface area contributed by atoms with Gasteiger partial charge in [-0.1, -0.05) is 6.92 Å². The van der Waals surface area contributed by atoms with Crippen molar-refractivity contribution in [3.63, 3.8) is 0 Å². The van der Waals surface area contributed by atoms with E-state index in [9.17, 15) is 0 Å². The van der Waals surface area contributed by atoms with E-state index in [-0.39, 0.29) is 11.9 Å². The molecule has 0 radical (unpaired) electrons. The van der Waals surface area contributed by atoms with Crippen molar-refractivity contribution in [3.8, 4) is 11.5 Å². The predicted molar refractivity (Wildman–Crippen MR) is 59.3 cm³/mol. The summed E-state index contributed by atoms with van der Waals surface area (Å²) in [6.45, 7) is 5.39. The summed E-state index contributed by atoms with van der Waals surface area (Å²) < 4.78 is 10.9. The van der Waals surface area contributed by atoms with Gasteiger partial charge < -0.3 is 14.6 Å². The molecule has 1 aromatic rings. The molecule has 0 saturated carbocycles. The van der Waals surface area contributed by atoms with Crippen molar-refractivity contribution in [2.24, 2.45) is 0 Å². The molecule has 0 spiro atoms. The summed E-state index contributed by atoms with van der Waals surface area (Å²) in [7, 11) is 0. The summed E-state index contributed by atoms with van der Waals surface area (Å²) in [5, 5.41) is 9.08. The SMILES string of the molecule is CCCOC[C@@H](C)Oc1ccc(O)cc1. The Kier molecular flexibility index (Phi) is 4.98. The molecule has 0 saturated heterocycles. The van der Waals surface area contributed by atoms with E-state index in [4.69, 9.17) is 14.6 Å². The Labute approximate surface area is 90.6 Å². The Bertz CT molecular complexity index is 269. The third-order valence-electron chi connectivity index (χ3n) is 1.88. The topological polar surface area (TPSA) is 38.7 Å². The molecular formula is C12H18O3. The lowest BCUT2D eigenvalue weighted by atomic mass is 10.3. The van der Waals surface area contributed by atoms with Crippen molar-refractivity contribution in [2.45, 2.75) is 26.4 Å². The van der Waals surface area contributed by atoms with Gasteiger partial charge in [0, 0.05) is 6.61 Å². The minimum absolute atomic E-state index is 0.0288. The number of phenolic OH excluding ortho intramolecular Hbond substituents is 1. The van der Waals surface area contributed by atoms with Crippen LogP contribution in [-0.2, 0) is 4.74 Å². The van der Waals surface area contributed by atoms with E-state index in [1.807, 2.05) is 6.92 Å². The Morgan fingerprint density at radius 3 is 2.53 bits per heavy atom. The first-order valence-corrected chi connectivity index (χ1v) is 5.25. The molecule has 0 bridgehead atoms. The zero-order chi connectivity index (χ0) is 11.1. The molecule has 0 heterocycles. The van der Waals surface area contributed by atoms with Gasteiger partial charge in [0.05, 0.1) is 6.61 Å². The number of hydrogen-bond donors (Lipinski definition) is 1. The summed E-state index contributed by atoms with van der Waals surface area (Å²) in [5.41, 5.74) is 0. The third-order valence-corrected chi connectivity index (χ3v) is 1.88. The van der Waals surface area contributed by atoms with Gasteiger partial charge in [-0.25, -0.2) is 0 Å². The van der Waals surface area contributed by atoms with Crippen molar-refractivity contribution >= 4 is 0 Å². The van der Waals surface area contributed by atoms with Crippen LogP contribution in [0.1, 0.15) is 20.3 Å². The number of phenols is 1. The van der Waals surface area contributed by atoms with Gasteiger partial charge >= 0.3 is 0 Å². The molecule has 0 unspecified atom stereocenters. The van der Waals surface area contributed by atoms with Gasteiger partial charge in [0.2, 0.25) is 0 Å². The lowest BCUT2D eigenvalue weighted by Gasteiger charge is -2.14. The van der Waals surface area contributed by atoms with Crippen molar-refractivity contribution in [2.75, 3.05) is 13.2 Å². The van der Waals surface area contributed by atoms with Crippen LogP contribution in [0.4, 0.5) is 0 Å². The van der Waals surface area contributed by atoms with E-state index in [1.165, 1.54) is 0 Å². The first-order chi connectivity index (χ1) is 7.22. The van der Waals surface area contributed by atoms with Crippen LogP contribution in [-0.4, -0.2) is 24.4 Å². The fourth-order valence-corrected chi connectivity index (χ4v) is 1.18. The van der Waals surface area contributed by atoms with E-state index in [0.29, 0.717) is 6.61 Å². The zero-order valence-electron chi connectivity index (χ0n) is 9.27. The van der Waals surface area contributed by atoms with Gasteiger partial charge in [-0.05, 0) is 37.6 Å². The molecule has 3 heteroatoms. The predicted octanol–water partition coefficient (Wildman–Crippen LogP) is 2.59. The Balaban J connectivity index is 2.31. The number of aromatic hydroxyl groups is 1. The van der Waals surface area contributed by atoms with Crippen LogP contribution in [0, 0.1) is 0 Å². The van der Waals surface area contributed by atoms with Crippen molar-refractivity contribution < 1.29 is 14.6 Å². The van der Waals surface area contributed by atoms with Gasteiger partial charge in [0.15, 0.2) is 0 Å². The molecule has 0 fully saturated rings. The van der Waals surface area contributed by atoms with Crippen LogP contribution in [0.25, 0.3) is 0 Å². The van der Waals surface area contributed by atoms with Crippen LogP contribution in [0.2, 0.25) is 0 Å². The smallest absolute Gasteiger partial charge is 0.120 e. The van der Waals surface area contributed by atoms with E-state index in [0.717, 1.165) is 18.8 Å². The Morgan fingerprint density at radius 1 is 1.27 bits per heavy atom. The second-order valence-electron chi connectivity index (χ2n) is 3.50. The fraction of sp³-hybridized carbons (Fsp3) is 0.500. The molecule has 15 heavy (non-hydrogen) atoms. The van der Waals surface area contributed by atoms with Gasteiger partial charge in [-0.3, -0.25) is 0 Å². The zero-order valence-corrected chi connectivity index (χ0v) is 9.27. The molecular weight excluding hydrogens is 192 g/mol. The molecule has 3 nitrogen and oxygen atoms in total. The standard InChI is InChI=1S/C12H18O3/c1-3-8-14-9-10(2)15-12-6-4-11(13)5-7-12/h4-7,10,13H,3,8-9H2,1-2H3/t10-/m1/s1. The van der Waals surface area contributed by atoms with Crippen LogP contribution in [0.15, 0.2) is 24.3 Å². The van der Waals surface area contributed by atoms with E-state index >= 15 is 0 Å². The highest BCUT2D eigenvalue weighted by atomic mass is 16.5. The van der Waals surface area contributed by atoms with Crippen LogP contribution in [0.5, 0.6) is 11.5 Å². The average molecular weight is 210 g/mol. The van der Waals surface area contributed by atoms with E-state index in [1.54, 1.807) is 24.3 Å². The van der Waals surface area contributed by atoms with Crippen molar-refractivity contribution in [3.05, 3.63) is 24.3 Å². The van der Waals surface area contributed by atoms with Gasteiger partial charge in [-0.2, -0.15) is 0 Å². The van der Waals surface area contributed by atoms with Crippen LogP contribution in [0.3, 0.4) is 0 Å². The van der Waals surface area contributed by atoms with Crippen molar-refractivity contribution in [1.29, 1.82) is 0 Å². The second-order valence-corrected chi connectivity index (χ2v) is 3.50. The number of ether oxygens (including phenoxy) is 2. The minimum Gasteiger partial charge on any atom is -0.508 e. The van der Waals surface area contributed by atoms with Gasteiger partial charge in [0.1, 0.15) is 17.6 Å². The quantitative estimate of drug-likeness (QED) is 0.733. The highest BCUT2D eigenvalue weighted by Crippen LogP contribution is 2.17. The lowest BCUT2D eigenvalue weighted by Crippen LogP contribution is -2.19. The molecule has 1 aromatic carbocycles. The first-order valence-electron chi connectivity index (χ1n) is 5.25. The molecule has 0 aliphatic heterocycles. The molecule has 1 N–H and O–H groups in total. The molecule has 1 atom stereocenters. The summed E-state index contributed by atoms with van der Waals surface area (Å²) in [6.07, 6.45) is 1.05. The number of hydrogen-bond acceptors (Lipinski definition) is 3. The Morgan fingerprint density at radius 2 is 1.93 bits per heavy atom. The average Bonchev–Trinajstić information content (AvgIpc) is 2.22. The van der Waals surface area contributed by atoms with Gasteiger partial charge in [0.25, 0.3) is 0 Å². The normalized spacial score (nSPS) is 12.4. The summed E-state index contributed by atoms with van der Waals surface area (Å²) in [5.74, 6) is 0.998. The van der Waals surface area contributed by atoms with Gasteiger partial charge in [-0.15, -0.1) is 0 Å². The number of rotatable bonds is 6. The largest absolute Gasteiger partial charge is 0.508 e. The maximum absolute atomic E-state index is 9.08. The van der Waals surface area contributed by atoms with E-state index in [2.05, 4.69) is 6.92 Å². The molecule has 0 aliphatic rings. The minimum atomic E-state index is 0.0288. The highest BCUT2D eigenvalue weighted by Gasteiger charge is 2.03. The monoisotopic (exact) mass is 210 g/mol. The molecule has 0 amide bonds. The molecule has 0 aliphatic carbocycles. The first kappa shape index (κ1) is 11.9. The van der Waals surface area contributed by atoms with Crippen molar-refractivity contribution in [1.82, 2.24) is 0 Å². The molecule has 0 aromatic heterocycles. The second kappa shape index (κ2) is 6.30. The summed E-state index contributed by atoms with van der Waals surface area (Å²) in [4.78, 5) is 0. The summed E-state index contributed by atoms with van der Waals surface area (Å²) in [6, 6.07) is 6.70. The highest BCUT2D eigenvalue weighted by molar-refractivity contribution is 5.30. The number of benzene rings is 1. The maximum atomic E-state index is 9.08. The van der Waals surface area contributed by atoms with Crippen LogP contribution < -0.4 is 4.74 Å². The maximum Gasteiger partial charge on any atom is 0.120 e. The van der Waals surface area contributed by atoms with Crippen LogP contribution >= 0.6 is 0 Å². The fourth-order valence-electron chi connectivity index (χ4n) is 1.18. The summed E-state index contributed by atoms with van der Waals surface area (Å²) >= 11 is 0. The van der Waals surface area contributed by atoms with E-state index < -0.39 is 0 Å². The lowest BCUT2D eigenvalue weighted by molar-refractivity contribution is 0.0589.